The molecule has 2 aliphatic rings. The smallest absolute Gasteiger partial charge is 0.228 e. The van der Waals surface area contributed by atoms with Crippen molar-refractivity contribution in [3.05, 3.63) is 23.2 Å². The van der Waals surface area contributed by atoms with Crippen LogP contribution in [-0.4, -0.2) is 59.8 Å². The zero-order valence-corrected chi connectivity index (χ0v) is 10.3. The second-order valence-corrected chi connectivity index (χ2v) is 4.02. The van der Waals surface area contributed by atoms with Crippen LogP contribution in [0, 0.1) is 0 Å². The average Bonchev–Trinajstić information content (AvgIpc) is 3.21. The number of carbonyl (C=O) groups is 2. The van der Waals surface area contributed by atoms with Gasteiger partial charge in [0.2, 0.25) is 11.6 Å². The second kappa shape index (κ2) is 5.83. The Bertz CT molecular complexity index is 454. The quantitative estimate of drug-likeness (QED) is 0.247. The van der Waals surface area contributed by atoms with Crippen molar-refractivity contribution in [2.24, 2.45) is 0 Å². The summed E-state index contributed by atoms with van der Waals surface area (Å²) in [6, 6.07) is 0. The summed E-state index contributed by atoms with van der Waals surface area (Å²) in [5.41, 5.74) is 3.41. The number of hydrazine groups is 1. The van der Waals surface area contributed by atoms with Crippen molar-refractivity contribution in [1.29, 1.82) is 0 Å². The molecule has 0 aromatic rings. The molecule has 1 aliphatic heterocycles. The summed E-state index contributed by atoms with van der Waals surface area (Å²) in [6.07, 6.45) is 1.20. The van der Waals surface area contributed by atoms with E-state index in [1.807, 2.05) is 0 Å². The predicted molar refractivity (Wildman–Crippen MR) is 65.1 cm³/mol. The van der Waals surface area contributed by atoms with E-state index in [2.05, 4.69) is 16.1 Å². The van der Waals surface area contributed by atoms with Gasteiger partial charge in [0, 0.05) is 19.2 Å². The number of nitrogens with zero attached hydrogens (tertiary/aromatic N) is 1. The fourth-order valence-electron chi connectivity index (χ4n) is 1.75. The van der Waals surface area contributed by atoms with Gasteiger partial charge in [0.25, 0.3) is 0 Å². The van der Waals surface area contributed by atoms with Crippen LogP contribution in [0.5, 0.6) is 0 Å². The van der Waals surface area contributed by atoms with E-state index >= 15 is 0 Å². The maximum atomic E-state index is 12.2. The summed E-state index contributed by atoms with van der Waals surface area (Å²) in [6.45, 7) is 0.621. The minimum Gasteiger partial charge on any atom is -0.395 e. The molecule has 0 spiro atoms. The maximum Gasteiger partial charge on any atom is 0.228 e. The molecule has 0 aromatic heterocycles. The van der Waals surface area contributed by atoms with Gasteiger partial charge in [-0.05, 0) is 0 Å². The first-order valence-corrected chi connectivity index (χ1v) is 5.94. The van der Waals surface area contributed by atoms with Crippen LogP contribution in [0.3, 0.4) is 0 Å². The zero-order valence-electron chi connectivity index (χ0n) is 10.3. The molecule has 19 heavy (non-hydrogen) atoms. The lowest BCUT2D eigenvalue weighted by Crippen LogP contribution is -2.37. The van der Waals surface area contributed by atoms with Gasteiger partial charge in [0.15, 0.2) is 0 Å². The third-order valence-corrected chi connectivity index (χ3v) is 2.65. The van der Waals surface area contributed by atoms with Crippen molar-refractivity contribution >= 4 is 11.6 Å². The molecule has 0 atom stereocenters. The van der Waals surface area contributed by atoms with Crippen molar-refractivity contribution in [2.45, 2.75) is 0 Å². The molecule has 5 N–H and O–H groups in total. The minimum absolute atomic E-state index is 0.130. The lowest BCUT2D eigenvalue weighted by molar-refractivity contribution is -0.117. The number of hydrogen-bond donors (Lipinski definition) is 5. The van der Waals surface area contributed by atoms with Gasteiger partial charge in [-0.25, -0.2) is 5.43 Å². The first kappa shape index (κ1) is 13.5. The number of rotatable bonds is 7. The van der Waals surface area contributed by atoms with Crippen LogP contribution in [0.2, 0.25) is 0 Å². The molecule has 0 bridgehead atoms. The van der Waals surface area contributed by atoms with Gasteiger partial charge in [-0.1, -0.05) is 0 Å². The van der Waals surface area contributed by atoms with Gasteiger partial charge < -0.3 is 20.8 Å². The van der Waals surface area contributed by atoms with Crippen molar-refractivity contribution in [1.82, 2.24) is 21.1 Å². The largest absolute Gasteiger partial charge is 0.395 e. The molecular formula is C11H16N4O4. The molecular weight excluding hydrogens is 252 g/mol. The SMILES string of the molecule is O=C1C=C(NCCO)C(=O)C(N2CN2)=C1NCCO. The van der Waals surface area contributed by atoms with Gasteiger partial charge in [-0.2, -0.15) is 0 Å². The standard InChI is InChI=1S/C11H16N4O4/c16-3-1-12-7-5-8(18)9(13-2-4-17)10(11(7)19)15-6-14-15/h5,12-14,16-17H,1-4,6H2. The van der Waals surface area contributed by atoms with Crippen molar-refractivity contribution < 1.29 is 19.8 Å². The minimum atomic E-state index is -0.336. The van der Waals surface area contributed by atoms with Crippen LogP contribution in [0.15, 0.2) is 23.2 Å². The van der Waals surface area contributed by atoms with Crippen LogP contribution < -0.4 is 16.1 Å². The van der Waals surface area contributed by atoms with Gasteiger partial charge in [0.05, 0.1) is 18.9 Å². The normalized spacial score (nSPS) is 18.6. The lowest BCUT2D eigenvalue weighted by Gasteiger charge is -2.20. The number of Topliss-reactive ketones (excluding diaryl/α,β-unsaturated/α-hetero) is 1. The van der Waals surface area contributed by atoms with E-state index in [4.69, 9.17) is 10.2 Å². The zero-order chi connectivity index (χ0) is 13.8. The second-order valence-electron chi connectivity index (χ2n) is 4.02. The fourth-order valence-corrected chi connectivity index (χ4v) is 1.75. The molecule has 0 amide bonds. The third kappa shape index (κ3) is 2.92. The number of allylic oxidation sites excluding steroid dienone is 1. The first-order valence-electron chi connectivity index (χ1n) is 5.94. The van der Waals surface area contributed by atoms with E-state index in [9.17, 15) is 9.59 Å². The Kier molecular flexibility index (Phi) is 4.15. The Morgan fingerprint density at radius 1 is 1.21 bits per heavy atom. The molecule has 8 heteroatoms. The summed E-state index contributed by atoms with van der Waals surface area (Å²) in [7, 11) is 0. The Morgan fingerprint density at radius 2 is 1.84 bits per heavy atom. The van der Waals surface area contributed by atoms with Gasteiger partial charge in [-0.15, -0.1) is 0 Å². The van der Waals surface area contributed by atoms with Crippen LogP contribution in [0.1, 0.15) is 0 Å². The molecule has 1 heterocycles. The van der Waals surface area contributed by atoms with Crippen LogP contribution in [0.4, 0.5) is 0 Å². The van der Waals surface area contributed by atoms with Crippen LogP contribution in [0.25, 0.3) is 0 Å². The number of aliphatic hydroxyl groups excluding tert-OH is 2. The summed E-state index contributed by atoms with van der Waals surface area (Å²) in [5.74, 6) is -0.657. The highest BCUT2D eigenvalue weighted by molar-refractivity contribution is 6.22. The summed E-state index contributed by atoms with van der Waals surface area (Å²) >= 11 is 0. The molecule has 1 saturated heterocycles. The van der Waals surface area contributed by atoms with Gasteiger partial charge >= 0.3 is 0 Å². The van der Waals surface area contributed by atoms with Crippen molar-refractivity contribution in [2.75, 3.05) is 33.0 Å². The molecule has 104 valence electrons. The van der Waals surface area contributed by atoms with E-state index in [1.54, 1.807) is 5.01 Å². The Hall–Kier alpha value is -1.90. The molecule has 0 aromatic carbocycles. The van der Waals surface area contributed by atoms with E-state index in [0.29, 0.717) is 6.67 Å². The summed E-state index contributed by atoms with van der Waals surface area (Å²) in [5, 5.41) is 24.6. The van der Waals surface area contributed by atoms with Crippen LogP contribution in [-0.2, 0) is 9.59 Å². The molecule has 0 unspecified atom stereocenters. The monoisotopic (exact) mass is 268 g/mol. The van der Waals surface area contributed by atoms with E-state index < -0.39 is 0 Å². The molecule has 0 radical (unpaired) electrons. The van der Waals surface area contributed by atoms with Gasteiger partial charge in [0.1, 0.15) is 18.1 Å². The van der Waals surface area contributed by atoms with E-state index in [0.717, 1.165) is 0 Å². The predicted octanol–water partition coefficient (Wildman–Crippen LogP) is -2.82. The van der Waals surface area contributed by atoms with Crippen LogP contribution >= 0.6 is 0 Å². The fraction of sp³-hybridized carbons (Fsp3) is 0.455. The first-order chi connectivity index (χ1) is 9.19. The van der Waals surface area contributed by atoms with Crippen molar-refractivity contribution in [3.63, 3.8) is 0 Å². The number of hydrogen-bond acceptors (Lipinski definition) is 8. The number of nitrogens with one attached hydrogen (secondary N) is 3. The average molecular weight is 268 g/mol. The summed E-state index contributed by atoms with van der Waals surface area (Å²) < 4.78 is 0. The Balaban J connectivity index is 2.22. The van der Waals surface area contributed by atoms with Crippen molar-refractivity contribution in [3.8, 4) is 0 Å². The highest BCUT2D eigenvalue weighted by Gasteiger charge is 2.36. The molecule has 2 rings (SSSR count). The highest BCUT2D eigenvalue weighted by atomic mass is 16.3. The third-order valence-electron chi connectivity index (χ3n) is 2.65. The summed E-state index contributed by atoms with van der Waals surface area (Å²) in [4.78, 5) is 24.2. The van der Waals surface area contributed by atoms with E-state index in [1.165, 1.54) is 6.08 Å². The maximum absolute atomic E-state index is 12.2. The Morgan fingerprint density at radius 3 is 2.42 bits per heavy atom. The number of aliphatic hydroxyl groups is 2. The number of carbonyl (C=O) groups excluding carboxylic acids is 2. The number of ketones is 2. The molecule has 8 nitrogen and oxygen atoms in total. The molecule has 1 fully saturated rings. The topological polar surface area (TPSA) is 124 Å². The molecule has 1 aliphatic carbocycles. The van der Waals surface area contributed by atoms with E-state index in [-0.39, 0.29) is 55.0 Å². The highest BCUT2D eigenvalue weighted by Crippen LogP contribution is 2.21. The molecule has 0 saturated carbocycles. The Labute approximate surface area is 109 Å². The van der Waals surface area contributed by atoms with Gasteiger partial charge in [-0.3, -0.25) is 14.6 Å². The lowest BCUT2D eigenvalue weighted by atomic mass is 10.0.